The molecule has 3 N–H and O–H groups in total. The third kappa shape index (κ3) is 5.97. The molecule has 0 aliphatic heterocycles. The average Bonchev–Trinajstić information content (AvgIpc) is 3.54. The molecule has 33 heavy (non-hydrogen) atoms. The number of benzene rings is 2. The van der Waals surface area contributed by atoms with Gasteiger partial charge in [0, 0.05) is 24.5 Å². The van der Waals surface area contributed by atoms with Crippen molar-refractivity contribution in [2.45, 2.75) is 26.6 Å². The van der Waals surface area contributed by atoms with Gasteiger partial charge in [-0.15, -0.1) is 0 Å². The number of hydrogen-bond donors (Lipinski definition) is 3. The van der Waals surface area contributed by atoms with E-state index < -0.39 is 0 Å². The smallest absolute Gasteiger partial charge is 0.191 e. The van der Waals surface area contributed by atoms with Gasteiger partial charge in [-0.1, -0.05) is 24.3 Å². The van der Waals surface area contributed by atoms with E-state index in [4.69, 9.17) is 9.73 Å². The number of rotatable bonds is 9. The number of ether oxygens (including phenoxy) is 1. The highest BCUT2D eigenvalue weighted by Gasteiger charge is 2.08. The van der Waals surface area contributed by atoms with Gasteiger partial charge in [0.1, 0.15) is 11.6 Å². The largest absolute Gasteiger partial charge is 0.497 e. The van der Waals surface area contributed by atoms with Crippen LogP contribution < -0.4 is 15.4 Å². The van der Waals surface area contributed by atoms with E-state index in [1.165, 1.54) is 5.56 Å². The van der Waals surface area contributed by atoms with Gasteiger partial charge in [-0.05, 0) is 48.4 Å². The summed E-state index contributed by atoms with van der Waals surface area (Å²) >= 11 is 0. The molecule has 9 heteroatoms. The number of aromatic amines is 1. The molecule has 2 aromatic carbocycles. The standard InChI is InChI=1S/C24H28N8O/c1-3-25-24(26-15-19-7-4-5-8-20(19)17-32-14-6-13-28-32)27-16-22-29-23(31-30-22)18-9-11-21(33-2)12-10-18/h4-14H,3,15-17H2,1-2H3,(H2,25,26,27)(H,29,30,31). The molecule has 0 saturated carbocycles. The minimum Gasteiger partial charge on any atom is -0.497 e. The third-order valence-electron chi connectivity index (χ3n) is 5.06. The first kappa shape index (κ1) is 22.1. The van der Waals surface area contributed by atoms with Gasteiger partial charge >= 0.3 is 0 Å². The van der Waals surface area contributed by atoms with E-state index in [-0.39, 0.29) is 0 Å². The zero-order valence-corrected chi connectivity index (χ0v) is 18.8. The Morgan fingerprint density at radius 2 is 1.88 bits per heavy atom. The Morgan fingerprint density at radius 3 is 2.61 bits per heavy atom. The summed E-state index contributed by atoms with van der Waals surface area (Å²) in [6, 6.07) is 17.9. The lowest BCUT2D eigenvalue weighted by molar-refractivity contribution is 0.415. The summed E-state index contributed by atoms with van der Waals surface area (Å²) in [7, 11) is 1.65. The topological polar surface area (TPSA) is 105 Å². The highest BCUT2D eigenvalue weighted by Crippen LogP contribution is 2.19. The molecule has 0 bridgehead atoms. The summed E-state index contributed by atoms with van der Waals surface area (Å²) in [5.74, 6) is 2.89. The van der Waals surface area contributed by atoms with Crippen LogP contribution in [0.25, 0.3) is 11.4 Å². The number of nitrogens with zero attached hydrogens (tertiary/aromatic N) is 5. The van der Waals surface area contributed by atoms with E-state index in [0.29, 0.717) is 24.9 Å². The predicted octanol–water partition coefficient (Wildman–Crippen LogP) is 2.98. The van der Waals surface area contributed by atoms with Crippen LogP contribution in [0.5, 0.6) is 5.75 Å². The van der Waals surface area contributed by atoms with Gasteiger partial charge in [0.15, 0.2) is 11.8 Å². The van der Waals surface area contributed by atoms with E-state index in [1.54, 1.807) is 13.3 Å². The molecule has 0 aliphatic carbocycles. The molecule has 9 nitrogen and oxygen atoms in total. The summed E-state index contributed by atoms with van der Waals surface area (Å²) in [5.41, 5.74) is 3.28. The SMILES string of the molecule is CCNC(=NCc1ccccc1Cn1cccn1)NCc1nc(-c2ccc(OC)cc2)n[nH]1. The molecular formula is C24H28N8O. The lowest BCUT2D eigenvalue weighted by Gasteiger charge is -2.12. The molecule has 170 valence electrons. The van der Waals surface area contributed by atoms with Gasteiger partial charge in [-0.3, -0.25) is 9.78 Å². The van der Waals surface area contributed by atoms with Gasteiger partial charge in [0.2, 0.25) is 0 Å². The summed E-state index contributed by atoms with van der Waals surface area (Å²) in [5, 5.41) is 18.2. The van der Waals surface area contributed by atoms with Crippen molar-refractivity contribution in [1.82, 2.24) is 35.6 Å². The van der Waals surface area contributed by atoms with Crippen LogP contribution in [0, 0.1) is 0 Å². The number of H-pyrrole nitrogens is 1. The fourth-order valence-electron chi connectivity index (χ4n) is 3.35. The number of aromatic nitrogens is 5. The summed E-state index contributed by atoms with van der Waals surface area (Å²) < 4.78 is 7.12. The van der Waals surface area contributed by atoms with Crippen LogP contribution in [-0.4, -0.2) is 44.6 Å². The normalized spacial score (nSPS) is 11.4. The molecule has 0 amide bonds. The Labute approximate surface area is 192 Å². The Balaban J connectivity index is 1.40. The number of hydrogen-bond acceptors (Lipinski definition) is 5. The fourth-order valence-corrected chi connectivity index (χ4v) is 3.35. The number of guanidine groups is 1. The fraction of sp³-hybridized carbons (Fsp3) is 0.250. The van der Waals surface area contributed by atoms with Crippen molar-refractivity contribution in [3.8, 4) is 17.1 Å². The van der Waals surface area contributed by atoms with Crippen LogP contribution in [0.2, 0.25) is 0 Å². The van der Waals surface area contributed by atoms with Crippen LogP contribution in [-0.2, 0) is 19.6 Å². The van der Waals surface area contributed by atoms with Crippen molar-refractivity contribution in [3.05, 3.63) is 83.9 Å². The van der Waals surface area contributed by atoms with Crippen molar-refractivity contribution in [2.24, 2.45) is 4.99 Å². The van der Waals surface area contributed by atoms with E-state index in [1.807, 2.05) is 60.3 Å². The molecule has 0 atom stereocenters. The summed E-state index contributed by atoms with van der Waals surface area (Å²) in [4.78, 5) is 9.34. The van der Waals surface area contributed by atoms with Crippen molar-refractivity contribution in [1.29, 1.82) is 0 Å². The van der Waals surface area contributed by atoms with E-state index >= 15 is 0 Å². The average molecular weight is 445 g/mol. The van der Waals surface area contributed by atoms with Crippen LogP contribution in [0.1, 0.15) is 23.9 Å². The number of aliphatic imine (C=N–C) groups is 1. The van der Waals surface area contributed by atoms with Crippen molar-refractivity contribution < 1.29 is 4.74 Å². The molecule has 0 saturated heterocycles. The van der Waals surface area contributed by atoms with Crippen molar-refractivity contribution in [3.63, 3.8) is 0 Å². The molecule has 2 aromatic heterocycles. The second-order valence-electron chi connectivity index (χ2n) is 7.36. The molecule has 0 spiro atoms. The Hall–Kier alpha value is -4.14. The second-order valence-corrected chi connectivity index (χ2v) is 7.36. The van der Waals surface area contributed by atoms with Crippen LogP contribution in [0.4, 0.5) is 0 Å². The molecule has 0 unspecified atom stereocenters. The molecule has 2 heterocycles. The maximum absolute atomic E-state index is 5.20. The first-order valence-corrected chi connectivity index (χ1v) is 10.9. The highest BCUT2D eigenvalue weighted by atomic mass is 16.5. The van der Waals surface area contributed by atoms with E-state index in [0.717, 1.165) is 35.8 Å². The molecule has 0 radical (unpaired) electrons. The molecular weight excluding hydrogens is 416 g/mol. The van der Waals surface area contributed by atoms with Gasteiger partial charge < -0.3 is 15.4 Å². The maximum atomic E-state index is 5.20. The highest BCUT2D eigenvalue weighted by molar-refractivity contribution is 5.79. The first-order chi connectivity index (χ1) is 16.2. The quantitative estimate of drug-likeness (QED) is 0.271. The minimum absolute atomic E-state index is 0.476. The molecule has 0 fully saturated rings. The predicted molar refractivity (Wildman–Crippen MR) is 128 cm³/mol. The minimum atomic E-state index is 0.476. The van der Waals surface area contributed by atoms with Gasteiger partial charge in [0.05, 0.1) is 26.7 Å². The van der Waals surface area contributed by atoms with Crippen LogP contribution in [0.3, 0.4) is 0 Å². The zero-order chi connectivity index (χ0) is 22.9. The second kappa shape index (κ2) is 10.9. The number of methoxy groups -OCH3 is 1. The van der Waals surface area contributed by atoms with Gasteiger partial charge in [-0.2, -0.15) is 10.2 Å². The zero-order valence-electron chi connectivity index (χ0n) is 18.8. The maximum Gasteiger partial charge on any atom is 0.191 e. The van der Waals surface area contributed by atoms with Crippen molar-refractivity contribution in [2.75, 3.05) is 13.7 Å². The van der Waals surface area contributed by atoms with Crippen molar-refractivity contribution >= 4 is 5.96 Å². The first-order valence-electron chi connectivity index (χ1n) is 10.9. The van der Waals surface area contributed by atoms with E-state index in [2.05, 4.69) is 43.0 Å². The number of nitrogens with one attached hydrogen (secondary N) is 3. The summed E-state index contributed by atoms with van der Waals surface area (Å²) in [6.07, 6.45) is 3.75. The molecule has 4 aromatic rings. The lowest BCUT2D eigenvalue weighted by Crippen LogP contribution is -2.37. The molecule has 4 rings (SSSR count). The Morgan fingerprint density at radius 1 is 1.06 bits per heavy atom. The monoisotopic (exact) mass is 444 g/mol. The third-order valence-corrected chi connectivity index (χ3v) is 5.06. The Bertz CT molecular complexity index is 1170. The van der Waals surface area contributed by atoms with Crippen LogP contribution in [0.15, 0.2) is 72.0 Å². The lowest BCUT2D eigenvalue weighted by atomic mass is 10.1. The van der Waals surface area contributed by atoms with Gasteiger partial charge in [0.25, 0.3) is 0 Å². The molecule has 0 aliphatic rings. The van der Waals surface area contributed by atoms with E-state index in [9.17, 15) is 0 Å². The Kier molecular flexibility index (Phi) is 7.32. The van der Waals surface area contributed by atoms with Crippen LogP contribution >= 0.6 is 0 Å². The van der Waals surface area contributed by atoms with Gasteiger partial charge in [-0.25, -0.2) is 9.98 Å². The summed E-state index contributed by atoms with van der Waals surface area (Å²) in [6.45, 7) is 4.55.